The van der Waals surface area contributed by atoms with Crippen molar-refractivity contribution in [3.63, 3.8) is 0 Å². The third-order valence-corrected chi connectivity index (χ3v) is 2.76. The van der Waals surface area contributed by atoms with Gasteiger partial charge < -0.3 is 20.5 Å². The highest BCUT2D eigenvalue weighted by molar-refractivity contribution is 5.74. The van der Waals surface area contributed by atoms with E-state index in [1.54, 1.807) is 0 Å². The first-order valence-electron chi connectivity index (χ1n) is 5.71. The van der Waals surface area contributed by atoms with Crippen molar-refractivity contribution in [2.75, 3.05) is 32.7 Å². The minimum Gasteiger partial charge on any atom is -0.367 e. The van der Waals surface area contributed by atoms with Crippen LogP contribution in [0.2, 0.25) is 0 Å². The zero-order valence-corrected chi connectivity index (χ0v) is 9.33. The van der Waals surface area contributed by atoms with E-state index in [4.69, 9.17) is 0 Å². The lowest BCUT2D eigenvalue weighted by molar-refractivity contribution is 0.190. The van der Waals surface area contributed by atoms with Crippen LogP contribution in [0.1, 0.15) is 5.56 Å². The molecule has 0 aromatic carbocycles. The first kappa shape index (κ1) is 11.0. The molecule has 0 spiro atoms. The summed E-state index contributed by atoms with van der Waals surface area (Å²) in [4.78, 5) is 16.6. The van der Waals surface area contributed by atoms with E-state index < -0.39 is 0 Å². The molecule has 0 radical (unpaired) electrons. The second-order valence-electron chi connectivity index (χ2n) is 3.94. The quantitative estimate of drug-likeness (QED) is 0.683. The van der Waals surface area contributed by atoms with Crippen LogP contribution in [0.5, 0.6) is 0 Å². The summed E-state index contributed by atoms with van der Waals surface area (Å²) in [6.45, 7) is 4.09. The summed E-state index contributed by atoms with van der Waals surface area (Å²) in [7, 11) is 0. The van der Waals surface area contributed by atoms with Gasteiger partial charge in [-0.25, -0.2) is 4.79 Å². The Labute approximate surface area is 95.2 Å². The van der Waals surface area contributed by atoms with Crippen LogP contribution in [0.3, 0.4) is 0 Å². The van der Waals surface area contributed by atoms with E-state index in [1.165, 1.54) is 5.56 Å². The van der Waals surface area contributed by atoms with Gasteiger partial charge in [-0.05, 0) is 18.1 Å². The number of nitrogens with one attached hydrogen (secondary N) is 3. The molecule has 5 heteroatoms. The molecule has 0 saturated carbocycles. The van der Waals surface area contributed by atoms with E-state index in [0.29, 0.717) is 6.54 Å². The van der Waals surface area contributed by atoms with Gasteiger partial charge in [0.2, 0.25) is 0 Å². The summed E-state index contributed by atoms with van der Waals surface area (Å²) in [5.41, 5.74) is 1.22. The van der Waals surface area contributed by atoms with Crippen molar-refractivity contribution < 1.29 is 4.79 Å². The van der Waals surface area contributed by atoms with Crippen molar-refractivity contribution in [2.24, 2.45) is 0 Å². The largest absolute Gasteiger partial charge is 0.367 e. The highest BCUT2D eigenvalue weighted by atomic mass is 16.2. The number of nitrogens with zero attached hydrogens (tertiary/aromatic N) is 1. The molecule has 1 aromatic rings. The highest BCUT2D eigenvalue weighted by Gasteiger charge is 2.14. The molecule has 1 aliphatic heterocycles. The molecule has 0 bridgehead atoms. The lowest BCUT2D eigenvalue weighted by Gasteiger charge is -2.27. The summed E-state index contributed by atoms with van der Waals surface area (Å²) in [5, 5.41) is 6.16. The second-order valence-corrected chi connectivity index (χ2v) is 3.94. The van der Waals surface area contributed by atoms with Gasteiger partial charge in [0.15, 0.2) is 0 Å². The SMILES string of the molecule is O=C(NCCc1cc[nH]c1)N1CCNCC1. The number of rotatable bonds is 3. The monoisotopic (exact) mass is 222 g/mol. The van der Waals surface area contributed by atoms with Crippen LogP contribution < -0.4 is 10.6 Å². The van der Waals surface area contributed by atoms with Gasteiger partial charge in [-0.3, -0.25) is 0 Å². The average Bonchev–Trinajstić information content (AvgIpc) is 2.83. The molecule has 0 unspecified atom stereocenters. The molecule has 1 aliphatic rings. The maximum Gasteiger partial charge on any atom is 0.317 e. The van der Waals surface area contributed by atoms with Crippen LogP contribution >= 0.6 is 0 Å². The van der Waals surface area contributed by atoms with Gasteiger partial charge in [-0.2, -0.15) is 0 Å². The molecule has 1 aromatic heterocycles. The van der Waals surface area contributed by atoms with E-state index in [-0.39, 0.29) is 6.03 Å². The van der Waals surface area contributed by atoms with Crippen molar-refractivity contribution >= 4 is 6.03 Å². The van der Waals surface area contributed by atoms with Crippen molar-refractivity contribution in [1.29, 1.82) is 0 Å². The first-order valence-corrected chi connectivity index (χ1v) is 5.71. The van der Waals surface area contributed by atoms with Crippen molar-refractivity contribution in [1.82, 2.24) is 20.5 Å². The number of hydrogen-bond acceptors (Lipinski definition) is 2. The van der Waals surface area contributed by atoms with Crippen LogP contribution in [0, 0.1) is 0 Å². The molecular formula is C11H18N4O. The Morgan fingerprint density at radius 1 is 1.44 bits per heavy atom. The van der Waals surface area contributed by atoms with Crippen molar-refractivity contribution in [3.05, 3.63) is 24.0 Å². The number of aromatic nitrogens is 1. The fourth-order valence-electron chi connectivity index (χ4n) is 1.81. The first-order chi connectivity index (χ1) is 7.86. The van der Waals surface area contributed by atoms with Gasteiger partial charge in [-0.15, -0.1) is 0 Å². The lowest BCUT2D eigenvalue weighted by Crippen LogP contribution is -2.50. The van der Waals surface area contributed by atoms with Gasteiger partial charge in [0, 0.05) is 45.1 Å². The summed E-state index contributed by atoms with van der Waals surface area (Å²) in [6.07, 6.45) is 4.73. The summed E-state index contributed by atoms with van der Waals surface area (Å²) in [5.74, 6) is 0. The fraction of sp³-hybridized carbons (Fsp3) is 0.545. The maximum absolute atomic E-state index is 11.7. The molecule has 1 fully saturated rings. The topological polar surface area (TPSA) is 60.2 Å². The Morgan fingerprint density at radius 2 is 2.25 bits per heavy atom. The molecule has 0 atom stereocenters. The predicted molar refractivity (Wildman–Crippen MR) is 62.3 cm³/mol. The molecule has 2 heterocycles. The molecule has 88 valence electrons. The number of hydrogen-bond donors (Lipinski definition) is 3. The van der Waals surface area contributed by atoms with E-state index >= 15 is 0 Å². The third-order valence-electron chi connectivity index (χ3n) is 2.76. The number of aromatic amines is 1. The molecular weight excluding hydrogens is 204 g/mol. The average molecular weight is 222 g/mol. The molecule has 2 amide bonds. The Morgan fingerprint density at radius 3 is 2.94 bits per heavy atom. The Balaban J connectivity index is 1.67. The van der Waals surface area contributed by atoms with Gasteiger partial charge in [0.25, 0.3) is 0 Å². The molecule has 2 rings (SSSR count). The van der Waals surface area contributed by atoms with E-state index in [1.807, 2.05) is 23.4 Å². The Bertz CT molecular complexity index is 317. The van der Waals surface area contributed by atoms with Crippen LogP contribution in [0.15, 0.2) is 18.5 Å². The van der Waals surface area contributed by atoms with E-state index in [2.05, 4.69) is 15.6 Å². The molecule has 5 nitrogen and oxygen atoms in total. The Hall–Kier alpha value is -1.49. The number of amides is 2. The number of carbonyl (C=O) groups excluding carboxylic acids is 1. The number of carbonyl (C=O) groups is 1. The van der Waals surface area contributed by atoms with Crippen molar-refractivity contribution in [2.45, 2.75) is 6.42 Å². The summed E-state index contributed by atoms with van der Waals surface area (Å²) < 4.78 is 0. The molecule has 1 saturated heterocycles. The van der Waals surface area contributed by atoms with Gasteiger partial charge in [0.05, 0.1) is 0 Å². The summed E-state index contributed by atoms with van der Waals surface area (Å²) in [6, 6.07) is 2.08. The number of urea groups is 1. The highest BCUT2D eigenvalue weighted by Crippen LogP contribution is 1.97. The Kier molecular flexibility index (Phi) is 3.82. The second kappa shape index (κ2) is 5.55. The minimum absolute atomic E-state index is 0.0528. The number of piperazine rings is 1. The number of H-pyrrole nitrogens is 1. The molecule has 0 aliphatic carbocycles. The smallest absolute Gasteiger partial charge is 0.317 e. The summed E-state index contributed by atoms with van der Waals surface area (Å²) >= 11 is 0. The van der Waals surface area contributed by atoms with Crippen LogP contribution in [-0.2, 0) is 6.42 Å². The fourth-order valence-corrected chi connectivity index (χ4v) is 1.81. The van der Waals surface area contributed by atoms with Gasteiger partial charge in [0.1, 0.15) is 0 Å². The molecule has 16 heavy (non-hydrogen) atoms. The van der Waals surface area contributed by atoms with Gasteiger partial charge >= 0.3 is 6.03 Å². The lowest BCUT2D eigenvalue weighted by atomic mass is 10.2. The minimum atomic E-state index is 0.0528. The normalized spacial score (nSPS) is 16.1. The molecule has 3 N–H and O–H groups in total. The maximum atomic E-state index is 11.7. The van der Waals surface area contributed by atoms with Crippen molar-refractivity contribution in [3.8, 4) is 0 Å². The zero-order chi connectivity index (χ0) is 11.2. The van der Waals surface area contributed by atoms with E-state index in [9.17, 15) is 4.79 Å². The van der Waals surface area contributed by atoms with Crippen LogP contribution in [-0.4, -0.2) is 48.6 Å². The predicted octanol–water partition coefficient (Wildman–Crippen LogP) is 0.172. The van der Waals surface area contributed by atoms with Gasteiger partial charge in [-0.1, -0.05) is 0 Å². The third kappa shape index (κ3) is 3.00. The van der Waals surface area contributed by atoms with E-state index in [0.717, 1.165) is 32.6 Å². The van der Waals surface area contributed by atoms with Crippen LogP contribution in [0.25, 0.3) is 0 Å². The zero-order valence-electron chi connectivity index (χ0n) is 9.33. The van der Waals surface area contributed by atoms with Crippen LogP contribution in [0.4, 0.5) is 4.79 Å². The standard InChI is InChI=1S/C11H18N4O/c16-11(15-7-5-12-6-8-15)14-4-2-10-1-3-13-9-10/h1,3,9,12-13H,2,4-8H2,(H,14,16).